The summed E-state index contributed by atoms with van der Waals surface area (Å²) in [5.41, 5.74) is 2.26. The zero-order valence-electron chi connectivity index (χ0n) is 21.5. The first-order valence-corrected chi connectivity index (χ1v) is 13.0. The fraction of sp³-hybridized carbons (Fsp3) is 0.429. The van der Waals surface area contributed by atoms with Gasteiger partial charge in [0.2, 0.25) is 5.43 Å². The lowest BCUT2D eigenvalue weighted by molar-refractivity contribution is 0.0694. The summed E-state index contributed by atoms with van der Waals surface area (Å²) in [6.45, 7) is 4.54. The summed E-state index contributed by atoms with van der Waals surface area (Å²) in [5.74, 6) is -1.88. The van der Waals surface area contributed by atoms with Gasteiger partial charge in [-0.3, -0.25) is 4.79 Å². The Balaban J connectivity index is 1.86. The van der Waals surface area contributed by atoms with Crippen LogP contribution in [-0.2, 0) is 22.3 Å². The molecule has 4 rings (SSSR count). The zero-order valence-corrected chi connectivity index (χ0v) is 22.3. The monoisotopic (exact) mass is 546 g/mol. The zero-order chi connectivity index (χ0) is 27.4. The van der Waals surface area contributed by atoms with E-state index in [1.54, 1.807) is 29.9 Å². The Morgan fingerprint density at radius 3 is 2.55 bits per heavy atom. The van der Waals surface area contributed by atoms with Crippen LogP contribution in [0.4, 0.5) is 10.1 Å². The molecule has 3 aromatic rings. The molecule has 0 radical (unpaired) electrons. The molecule has 1 saturated heterocycles. The van der Waals surface area contributed by atoms with Crippen molar-refractivity contribution in [3.8, 4) is 0 Å². The first-order valence-electron chi connectivity index (χ1n) is 12.6. The van der Waals surface area contributed by atoms with Crippen LogP contribution in [0.15, 0.2) is 35.3 Å². The van der Waals surface area contributed by atoms with E-state index < -0.39 is 28.8 Å². The van der Waals surface area contributed by atoms with E-state index in [4.69, 9.17) is 21.1 Å². The van der Waals surface area contributed by atoms with Gasteiger partial charge in [-0.05, 0) is 53.8 Å². The Bertz CT molecular complexity index is 1390. The molecular formula is C28H32ClFN2O6. The Kier molecular flexibility index (Phi) is 9.04. The largest absolute Gasteiger partial charge is 0.477 e. The van der Waals surface area contributed by atoms with Gasteiger partial charge in [0.25, 0.3) is 0 Å². The fourth-order valence-corrected chi connectivity index (χ4v) is 5.21. The highest BCUT2D eigenvalue weighted by atomic mass is 35.5. The third kappa shape index (κ3) is 5.71. The number of hydrogen-bond acceptors (Lipinski definition) is 6. The number of aromatic nitrogens is 1. The number of benzene rings is 2. The minimum atomic E-state index is -1.36. The van der Waals surface area contributed by atoms with E-state index in [2.05, 4.69) is 4.90 Å². The topological polar surface area (TPSA) is 101 Å². The molecule has 8 nitrogen and oxygen atoms in total. The number of anilines is 1. The molecule has 0 saturated carbocycles. The van der Waals surface area contributed by atoms with Gasteiger partial charge in [0.1, 0.15) is 11.4 Å². The van der Waals surface area contributed by atoms with Crippen molar-refractivity contribution in [2.75, 3.05) is 51.5 Å². The number of methoxy groups -OCH3 is 1. The summed E-state index contributed by atoms with van der Waals surface area (Å²) in [6.07, 6.45) is 2.48. The SMILES string of the molecule is CCc1cc2c(cc1Cc1cc(N3CCOCC3)cc(Cl)c1F)c(=O)c(C(=O)O)cn2C(CO)CCOC. The number of carboxylic acids is 1. The molecule has 38 heavy (non-hydrogen) atoms. The van der Waals surface area contributed by atoms with E-state index in [0.717, 1.165) is 11.3 Å². The predicted octanol–water partition coefficient (Wildman–Crippen LogP) is 4.05. The molecule has 0 aliphatic carbocycles. The Hall–Kier alpha value is -2.98. The van der Waals surface area contributed by atoms with Crippen LogP contribution >= 0.6 is 11.6 Å². The minimum absolute atomic E-state index is 0.0160. The van der Waals surface area contributed by atoms with Crippen molar-refractivity contribution in [3.05, 3.63) is 73.8 Å². The van der Waals surface area contributed by atoms with Gasteiger partial charge in [-0.1, -0.05) is 18.5 Å². The molecule has 1 aromatic heterocycles. The van der Waals surface area contributed by atoms with Gasteiger partial charge in [0.15, 0.2) is 0 Å². The maximum Gasteiger partial charge on any atom is 0.341 e. The maximum absolute atomic E-state index is 15.2. The molecular weight excluding hydrogens is 515 g/mol. The third-order valence-corrected chi connectivity index (χ3v) is 7.34. The molecule has 1 aliphatic heterocycles. The Labute approximate surface area is 225 Å². The first-order chi connectivity index (χ1) is 18.3. The van der Waals surface area contributed by atoms with Crippen LogP contribution in [0.25, 0.3) is 10.9 Å². The smallest absolute Gasteiger partial charge is 0.341 e. The highest BCUT2D eigenvalue weighted by molar-refractivity contribution is 6.31. The number of pyridine rings is 1. The van der Waals surface area contributed by atoms with Crippen LogP contribution in [0.5, 0.6) is 0 Å². The van der Waals surface area contributed by atoms with E-state index in [9.17, 15) is 19.8 Å². The van der Waals surface area contributed by atoms with Gasteiger partial charge in [-0.15, -0.1) is 0 Å². The number of aliphatic hydroxyl groups excluding tert-OH is 1. The second-order valence-corrected chi connectivity index (χ2v) is 9.78. The molecule has 0 spiro atoms. The van der Waals surface area contributed by atoms with E-state index in [1.807, 2.05) is 13.0 Å². The quantitative estimate of drug-likeness (QED) is 0.395. The van der Waals surface area contributed by atoms with Gasteiger partial charge in [-0.25, -0.2) is 9.18 Å². The average Bonchev–Trinajstić information content (AvgIpc) is 2.92. The molecule has 10 heteroatoms. The lowest BCUT2D eigenvalue weighted by atomic mass is 9.94. The van der Waals surface area contributed by atoms with Crippen molar-refractivity contribution in [3.63, 3.8) is 0 Å². The van der Waals surface area contributed by atoms with Crippen molar-refractivity contribution < 1.29 is 28.9 Å². The average molecular weight is 547 g/mol. The van der Waals surface area contributed by atoms with Crippen LogP contribution in [0.1, 0.15) is 46.4 Å². The van der Waals surface area contributed by atoms with Crippen LogP contribution in [0.2, 0.25) is 5.02 Å². The lowest BCUT2D eigenvalue weighted by Crippen LogP contribution is -2.36. The number of halogens is 2. The van der Waals surface area contributed by atoms with Gasteiger partial charge in [0.05, 0.1) is 36.4 Å². The second kappa shape index (κ2) is 12.3. The number of aliphatic hydroxyl groups is 1. The minimum Gasteiger partial charge on any atom is -0.477 e. The van der Waals surface area contributed by atoms with Crippen LogP contribution in [-0.4, -0.2) is 67.4 Å². The number of aromatic carboxylic acids is 1. The number of aryl methyl sites for hydroxylation is 1. The highest BCUT2D eigenvalue weighted by Gasteiger charge is 2.22. The number of nitrogens with zero attached hydrogens (tertiary/aromatic N) is 2. The fourth-order valence-electron chi connectivity index (χ4n) is 4.97. The lowest BCUT2D eigenvalue weighted by Gasteiger charge is -2.29. The van der Waals surface area contributed by atoms with Crippen molar-refractivity contribution in [1.82, 2.24) is 4.57 Å². The summed E-state index contributed by atoms with van der Waals surface area (Å²) in [7, 11) is 1.54. The predicted molar refractivity (Wildman–Crippen MR) is 144 cm³/mol. The molecule has 1 atom stereocenters. The molecule has 0 bridgehead atoms. The molecule has 2 heterocycles. The third-order valence-electron chi connectivity index (χ3n) is 7.07. The standard InChI is InChI=1S/C28H32ClFN2O6/c1-3-17-13-25-22(27(34)23(28(35)36)15-32(25)20(16-33)4-7-37-2)12-18(17)10-19-11-21(14-24(29)26(19)30)31-5-8-38-9-6-31/h11-15,20,33H,3-10,16H2,1-2H3,(H,35,36). The molecule has 2 aromatic carbocycles. The summed E-state index contributed by atoms with van der Waals surface area (Å²) < 4.78 is 27.4. The second-order valence-electron chi connectivity index (χ2n) is 9.37. The van der Waals surface area contributed by atoms with Crippen LogP contribution in [0, 0.1) is 5.82 Å². The van der Waals surface area contributed by atoms with Crippen molar-refractivity contribution in [2.45, 2.75) is 32.2 Å². The normalized spacial score (nSPS) is 14.7. The Morgan fingerprint density at radius 2 is 1.92 bits per heavy atom. The van der Waals surface area contributed by atoms with E-state index in [0.29, 0.717) is 62.4 Å². The van der Waals surface area contributed by atoms with Gasteiger partial charge < -0.3 is 29.2 Å². The number of hydrogen-bond donors (Lipinski definition) is 2. The van der Waals surface area contributed by atoms with Crippen LogP contribution in [0.3, 0.4) is 0 Å². The maximum atomic E-state index is 15.2. The number of fused-ring (bicyclic) bond motifs is 1. The van der Waals surface area contributed by atoms with Crippen molar-refractivity contribution in [1.29, 1.82) is 0 Å². The summed E-state index contributed by atoms with van der Waals surface area (Å²) in [4.78, 5) is 27.3. The number of rotatable bonds is 10. The number of ether oxygens (including phenoxy) is 2. The highest BCUT2D eigenvalue weighted by Crippen LogP contribution is 2.31. The van der Waals surface area contributed by atoms with Gasteiger partial charge in [0, 0.05) is 50.5 Å². The van der Waals surface area contributed by atoms with Crippen LogP contribution < -0.4 is 10.3 Å². The first kappa shape index (κ1) is 28.0. The summed E-state index contributed by atoms with van der Waals surface area (Å²) in [6, 6.07) is 6.37. The van der Waals surface area contributed by atoms with E-state index in [-0.39, 0.29) is 23.4 Å². The van der Waals surface area contributed by atoms with Crippen molar-refractivity contribution >= 4 is 34.2 Å². The molecule has 2 N–H and O–H groups in total. The van der Waals surface area contributed by atoms with Gasteiger partial charge in [-0.2, -0.15) is 0 Å². The number of morpholine rings is 1. The molecule has 1 unspecified atom stereocenters. The van der Waals surface area contributed by atoms with E-state index in [1.165, 1.54) is 6.20 Å². The summed E-state index contributed by atoms with van der Waals surface area (Å²) >= 11 is 6.28. The summed E-state index contributed by atoms with van der Waals surface area (Å²) in [5, 5.41) is 20.0. The molecule has 0 amide bonds. The Morgan fingerprint density at radius 1 is 1.18 bits per heavy atom. The molecule has 1 aliphatic rings. The molecule has 1 fully saturated rings. The van der Waals surface area contributed by atoms with Gasteiger partial charge >= 0.3 is 5.97 Å². The number of carboxylic acid groups (broad SMARTS) is 1. The molecule has 204 valence electrons. The van der Waals surface area contributed by atoms with Crippen molar-refractivity contribution in [2.24, 2.45) is 0 Å². The number of carbonyl (C=O) groups is 1. The van der Waals surface area contributed by atoms with E-state index >= 15 is 4.39 Å².